The standard InChI is InChI=1S/C21H18FN3O3/c1-24-16-6-4-3-5-15(16)18(26)17-20(24)23-19(13-7-9-14(22)10-8-13)25(21(17)27)11-12-28-2/h3-10H,11-12H2,1-2H3. The molecule has 0 aliphatic heterocycles. The predicted octanol–water partition coefficient (Wildman–Crippen LogP) is 2.70. The first-order valence-corrected chi connectivity index (χ1v) is 8.80. The first-order valence-electron chi connectivity index (χ1n) is 8.80. The molecule has 0 spiro atoms. The van der Waals surface area contributed by atoms with Crippen LogP contribution in [0.15, 0.2) is 58.1 Å². The van der Waals surface area contributed by atoms with Crippen LogP contribution in [0.25, 0.3) is 33.3 Å². The summed E-state index contributed by atoms with van der Waals surface area (Å²) in [5.41, 5.74) is 0.774. The van der Waals surface area contributed by atoms with Crippen molar-refractivity contribution in [1.82, 2.24) is 14.1 Å². The van der Waals surface area contributed by atoms with Crippen molar-refractivity contribution in [3.63, 3.8) is 0 Å². The molecule has 6 nitrogen and oxygen atoms in total. The molecule has 0 bridgehead atoms. The van der Waals surface area contributed by atoms with Gasteiger partial charge in [0.25, 0.3) is 5.56 Å². The summed E-state index contributed by atoms with van der Waals surface area (Å²) in [7, 11) is 3.30. The van der Waals surface area contributed by atoms with Crippen LogP contribution in [0.1, 0.15) is 0 Å². The number of ether oxygens (including phenoxy) is 1. The second-order valence-corrected chi connectivity index (χ2v) is 6.50. The van der Waals surface area contributed by atoms with E-state index in [1.54, 1.807) is 35.9 Å². The highest BCUT2D eigenvalue weighted by Gasteiger charge is 2.19. The van der Waals surface area contributed by atoms with Gasteiger partial charge in [0.2, 0.25) is 5.43 Å². The second kappa shape index (κ2) is 7.01. The minimum absolute atomic E-state index is 0.0307. The molecule has 0 unspecified atom stereocenters. The van der Waals surface area contributed by atoms with Gasteiger partial charge in [-0.15, -0.1) is 0 Å². The lowest BCUT2D eigenvalue weighted by atomic mass is 10.1. The van der Waals surface area contributed by atoms with Crippen molar-refractivity contribution in [1.29, 1.82) is 0 Å². The highest BCUT2D eigenvalue weighted by Crippen LogP contribution is 2.20. The number of nitrogens with zero attached hydrogens (tertiary/aromatic N) is 3. The number of hydrogen-bond donors (Lipinski definition) is 0. The van der Waals surface area contributed by atoms with Crippen LogP contribution in [0.2, 0.25) is 0 Å². The SMILES string of the molecule is COCCn1c(-c2ccc(F)cc2)nc2c(c(=O)c3ccccc3n2C)c1=O. The number of benzene rings is 2. The van der Waals surface area contributed by atoms with E-state index in [2.05, 4.69) is 4.98 Å². The van der Waals surface area contributed by atoms with Crippen LogP contribution in [0.5, 0.6) is 0 Å². The van der Waals surface area contributed by atoms with E-state index in [-0.39, 0.29) is 29.8 Å². The van der Waals surface area contributed by atoms with Gasteiger partial charge in [-0.25, -0.2) is 9.37 Å². The van der Waals surface area contributed by atoms with Gasteiger partial charge in [0.05, 0.1) is 18.7 Å². The van der Waals surface area contributed by atoms with Gasteiger partial charge in [-0.2, -0.15) is 0 Å². The Morgan fingerprint density at radius 1 is 1.07 bits per heavy atom. The molecule has 0 aliphatic carbocycles. The lowest BCUT2D eigenvalue weighted by Gasteiger charge is -2.16. The number of halogens is 1. The third kappa shape index (κ3) is 2.80. The Morgan fingerprint density at radius 2 is 1.79 bits per heavy atom. The van der Waals surface area contributed by atoms with Crippen molar-refractivity contribution < 1.29 is 9.13 Å². The summed E-state index contributed by atoms with van der Waals surface area (Å²) >= 11 is 0. The Hall–Kier alpha value is -3.32. The fourth-order valence-corrected chi connectivity index (χ4v) is 3.40. The van der Waals surface area contributed by atoms with Crippen LogP contribution >= 0.6 is 0 Å². The molecule has 2 aromatic carbocycles. The van der Waals surface area contributed by atoms with Crippen molar-refractivity contribution in [2.45, 2.75) is 6.54 Å². The molecule has 4 aromatic rings. The molecule has 0 radical (unpaired) electrons. The Kier molecular flexibility index (Phi) is 4.52. The lowest BCUT2D eigenvalue weighted by molar-refractivity contribution is 0.186. The van der Waals surface area contributed by atoms with Crippen molar-refractivity contribution in [2.75, 3.05) is 13.7 Å². The van der Waals surface area contributed by atoms with E-state index in [0.717, 1.165) is 0 Å². The Balaban J connectivity index is 2.15. The number of hydrogen-bond acceptors (Lipinski definition) is 4. The number of methoxy groups -OCH3 is 1. The number of rotatable bonds is 4. The molecule has 28 heavy (non-hydrogen) atoms. The molecule has 142 valence electrons. The largest absolute Gasteiger partial charge is 0.383 e. The molecule has 2 heterocycles. The quantitative estimate of drug-likeness (QED) is 0.512. The fourth-order valence-electron chi connectivity index (χ4n) is 3.40. The number of pyridine rings is 1. The first kappa shape index (κ1) is 18.1. The van der Waals surface area contributed by atoms with Crippen molar-refractivity contribution >= 4 is 21.9 Å². The molecule has 4 rings (SSSR count). The van der Waals surface area contributed by atoms with Gasteiger partial charge in [0, 0.05) is 25.1 Å². The highest BCUT2D eigenvalue weighted by molar-refractivity contribution is 5.91. The highest BCUT2D eigenvalue weighted by atomic mass is 19.1. The summed E-state index contributed by atoms with van der Waals surface area (Å²) in [5, 5.41) is 0.493. The summed E-state index contributed by atoms with van der Waals surface area (Å²) in [6, 6.07) is 12.8. The summed E-state index contributed by atoms with van der Waals surface area (Å²) in [5.74, 6) is -0.0199. The molecule has 0 saturated carbocycles. The van der Waals surface area contributed by atoms with E-state index >= 15 is 0 Å². The van der Waals surface area contributed by atoms with Crippen LogP contribution in [0, 0.1) is 5.82 Å². The second-order valence-electron chi connectivity index (χ2n) is 6.50. The molecule has 0 aliphatic rings. The maximum Gasteiger partial charge on any atom is 0.267 e. The monoisotopic (exact) mass is 379 g/mol. The minimum atomic E-state index is -0.437. The average Bonchev–Trinajstić information content (AvgIpc) is 2.71. The zero-order valence-corrected chi connectivity index (χ0v) is 15.5. The Labute approximate surface area is 159 Å². The zero-order chi connectivity index (χ0) is 19.8. The molecule has 7 heteroatoms. The molecule has 0 N–H and O–H groups in total. The average molecular weight is 379 g/mol. The number of fused-ring (bicyclic) bond motifs is 2. The van der Waals surface area contributed by atoms with E-state index in [1.165, 1.54) is 23.8 Å². The maximum atomic E-state index is 13.4. The molecule has 2 aromatic heterocycles. The molecular formula is C21H18FN3O3. The normalized spacial score (nSPS) is 11.4. The maximum absolute atomic E-state index is 13.4. The van der Waals surface area contributed by atoms with Crippen LogP contribution in [0.4, 0.5) is 4.39 Å². The van der Waals surface area contributed by atoms with E-state index in [4.69, 9.17) is 4.74 Å². The topological polar surface area (TPSA) is 66.1 Å². The Bertz CT molecular complexity index is 1310. The third-order valence-electron chi connectivity index (χ3n) is 4.83. The summed E-state index contributed by atoms with van der Waals surface area (Å²) in [6.45, 7) is 0.496. The van der Waals surface area contributed by atoms with E-state index in [0.29, 0.717) is 27.9 Å². The van der Waals surface area contributed by atoms with Crippen LogP contribution in [0.3, 0.4) is 0 Å². The number of aromatic nitrogens is 3. The van der Waals surface area contributed by atoms with E-state index in [1.807, 2.05) is 12.1 Å². The van der Waals surface area contributed by atoms with Crippen molar-refractivity contribution in [3.05, 3.63) is 74.9 Å². The third-order valence-corrected chi connectivity index (χ3v) is 4.83. The van der Waals surface area contributed by atoms with Gasteiger partial charge in [-0.05, 0) is 36.4 Å². The van der Waals surface area contributed by atoms with Crippen LogP contribution < -0.4 is 11.0 Å². The van der Waals surface area contributed by atoms with Gasteiger partial charge in [-0.3, -0.25) is 14.2 Å². The fraction of sp³-hybridized carbons (Fsp3) is 0.190. The van der Waals surface area contributed by atoms with Gasteiger partial charge in [-0.1, -0.05) is 12.1 Å². The smallest absolute Gasteiger partial charge is 0.267 e. The predicted molar refractivity (Wildman–Crippen MR) is 106 cm³/mol. The van der Waals surface area contributed by atoms with Gasteiger partial charge in [0.1, 0.15) is 17.0 Å². The van der Waals surface area contributed by atoms with Gasteiger partial charge in [0.15, 0.2) is 5.65 Å². The van der Waals surface area contributed by atoms with Crippen molar-refractivity contribution in [3.8, 4) is 11.4 Å². The van der Waals surface area contributed by atoms with Crippen LogP contribution in [-0.2, 0) is 18.3 Å². The number of para-hydroxylation sites is 1. The number of aryl methyl sites for hydroxylation is 1. The van der Waals surface area contributed by atoms with Crippen molar-refractivity contribution in [2.24, 2.45) is 7.05 Å². The van der Waals surface area contributed by atoms with Gasteiger partial charge < -0.3 is 9.30 Å². The van der Waals surface area contributed by atoms with E-state index in [9.17, 15) is 14.0 Å². The van der Waals surface area contributed by atoms with E-state index < -0.39 is 5.56 Å². The minimum Gasteiger partial charge on any atom is -0.383 e. The molecular weight excluding hydrogens is 361 g/mol. The van der Waals surface area contributed by atoms with Crippen LogP contribution in [-0.4, -0.2) is 27.8 Å². The lowest BCUT2D eigenvalue weighted by Crippen LogP contribution is -2.30. The molecule has 0 fully saturated rings. The summed E-state index contributed by atoms with van der Waals surface area (Å²) in [6.07, 6.45) is 0. The molecule has 0 atom stereocenters. The molecule has 0 amide bonds. The summed E-state index contributed by atoms with van der Waals surface area (Å²) in [4.78, 5) is 31.0. The Morgan fingerprint density at radius 3 is 2.50 bits per heavy atom. The van der Waals surface area contributed by atoms with Gasteiger partial charge >= 0.3 is 0 Å². The summed E-state index contributed by atoms with van der Waals surface area (Å²) < 4.78 is 21.6. The zero-order valence-electron chi connectivity index (χ0n) is 15.5. The first-order chi connectivity index (χ1) is 13.5. The molecule has 0 saturated heterocycles.